The summed E-state index contributed by atoms with van der Waals surface area (Å²) in [7, 11) is -1.03. The molecule has 204 valence electrons. The minimum atomic E-state index is -3.80. The van der Waals surface area contributed by atoms with E-state index in [1.165, 1.54) is 62.4 Å². The maximum atomic E-state index is 12.9. The van der Waals surface area contributed by atoms with Crippen LogP contribution in [0.15, 0.2) is 58.6 Å². The molecule has 0 radical (unpaired) electrons. The number of nitro benzene ring substituents is 1. The Morgan fingerprint density at radius 3 is 2.58 bits per heavy atom. The summed E-state index contributed by atoms with van der Waals surface area (Å²) in [5, 5.41) is 26.5. The van der Waals surface area contributed by atoms with E-state index in [1.54, 1.807) is 6.07 Å². The van der Waals surface area contributed by atoms with Crippen LogP contribution in [-0.4, -0.2) is 68.5 Å². The van der Waals surface area contributed by atoms with Crippen molar-refractivity contribution in [2.24, 2.45) is 0 Å². The van der Waals surface area contributed by atoms with Crippen LogP contribution in [0.1, 0.15) is 24.9 Å². The van der Waals surface area contributed by atoms with Gasteiger partial charge in [-0.15, -0.1) is 0 Å². The molecular weight excluding hydrogens is 520 g/mol. The number of carbonyl (C=O) groups is 2. The van der Waals surface area contributed by atoms with Gasteiger partial charge in [-0.2, -0.15) is 0 Å². The fraction of sp³-hybridized carbons (Fsp3) is 0.333. The number of sulfone groups is 1. The predicted octanol–water partition coefficient (Wildman–Crippen LogP) is 2.45. The number of hydrogen-bond acceptors (Lipinski definition) is 9. The number of ether oxygens (including phenoxy) is 2. The van der Waals surface area contributed by atoms with Crippen molar-refractivity contribution < 1.29 is 37.5 Å². The molecule has 0 bridgehead atoms. The van der Waals surface area contributed by atoms with E-state index in [0.29, 0.717) is 5.75 Å². The third-order valence-corrected chi connectivity index (χ3v) is 7.50. The van der Waals surface area contributed by atoms with Crippen LogP contribution in [0.25, 0.3) is 0 Å². The van der Waals surface area contributed by atoms with Gasteiger partial charge in [-0.3, -0.25) is 10.1 Å². The first-order valence-electron chi connectivity index (χ1n) is 11.4. The third-order valence-electron chi connectivity index (χ3n) is 5.92. The average Bonchev–Trinajstić information content (AvgIpc) is 2.88. The lowest BCUT2D eigenvalue weighted by molar-refractivity contribution is -0.384. The fourth-order valence-electron chi connectivity index (χ4n) is 4.13. The molecule has 0 saturated carbocycles. The molecule has 14 heteroatoms. The van der Waals surface area contributed by atoms with Crippen LogP contribution in [0.3, 0.4) is 0 Å². The van der Waals surface area contributed by atoms with Crippen LogP contribution in [0.4, 0.5) is 10.5 Å². The number of benzene rings is 2. The van der Waals surface area contributed by atoms with Gasteiger partial charge in [-0.05, 0) is 37.6 Å². The van der Waals surface area contributed by atoms with Crippen molar-refractivity contribution in [3.05, 3.63) is 69.4 Å². The zero-order valence-electron chi connectivity index (χ0n) is 21.0. The second-order valence-electron chi connectivity index (χ2n) is 8.35. The van der Waals surface area contributed by atoms with Crippen molar-refractivity contribution in [3.63, 3.8) is 0 Å². The number of nitrogens with one attached hydrogen (secondary N) is 2. The number of non-ortho nitro benzene ring substituents is 1. The minimum absolute atomic E-state index is 0.0405. The smallest absolute Gasteiger partial charge is 0.335 e. The molecule has 0 aliphatic carbocycles. The van der Waals surface area contributed by atoms with Gasteiger partial charge in [0.25, 0.3) is 5.69 Å². The van der Waals surface area contributed by atoms with Crippen molar-refractivity contribution >= 4 is 27.5 Å². The highest BCUT2D eigenvalue weighted by molar-refractivity contribution is 7.91. The fourth-order valence-corrected chi connectivity index (χ4v) is 5.45. The van der Waals surface area contributed by atoms with Gasteiger partial charge in [-0.1, -0.05) is 12.1 Å². The maximum absolute atomic E-state index is 12.9. The van der Waals surface area contributed by atoms with Gasteiger partial charge in [0.05, 0.1) is 30.8 Å². The van der Waals surface area contributed by atoms with Crippen LogP contribution in [0.5, 0.6) is 11.5 Å². The zero-order valence-corrected chi connectivity index (χ0v) is 21.8. The highest BCUT2D eigenvalue weighted by atomic mass is 32.2. The number of rotatable bonds is 12. The molecule has 1 heterocycles. The molecule has 2 aromatic carbocycles. The van der Waals surface area contributed by atoms with Crippen molar-refractivity contribution in [2.45, 2.75) is 24.3 Å². The molecule has 3 rings (SSSR count). The molecule has 1 atom stereocenters. The van der Waals surface area contributed by atoms with Crippen molar-refractivity contribution in [1.29, 1.82) is 0 Å². The molecule has 2 aromatic rings. The third kappa shape index (κ3) is 6.20. The molecule has 2 amide bonds. The van der Waals surface area contributed by atoms with Crippen LogP contribution < -0.4 is 20.1 Å². The van der Waals surface area contributed by atoms with E-state index in [2.05, 4.69) is 10.6 Å². The summed E-state index contributed by atoms with van der Waals surface area (Å²) in [5.41, 5.74) is 0.0413. The van der Waals surface area contributed by atoms with Gasteiger partial charge in [0.1, 0.15) is 22.3 Å². The summed E-state index contributed by atoms with van der Waals surface area (Å²) >= 11 is 0. The first-order chi connectivity index (χ1) is 18.0. The molecular formula is C24H28N4O9S. The van der Waals surface area contributed by atoms with Crippen molar-refractivity contribution in [1.82, 2.24) is 15.5 Å². The molecule has 0 saturated heterocycles. The lowest BCUT2D eigenvalue weighted by Gasteiger charge is -2.37. The number of carboxylic acids is 1. The number of nitrogens with zero attached hydrogens (tertiary/aromatic N) is 2. The Balaban J connectivity index is 1.75. The summed E-state index contributed by atoms with van der Waals surface area (Å²) in [6.45, 7) is 1.66. The SMILES string of the molecule is COc1ccc(OC)c(S(=O)(=O)CNCCCN2C(=O)NC(C)=C(C(=O)O)C2c2cccc([N+](=O)[O-])c2)c1. The second-order valence-corrected chi connectivity index (χ2v) is 10.3. The summed E-state index contributed by atoms with van der Waals surface area (Å²) in [6.07, 6.45) is 0.259. The summed E-state index contributed by atoms with van der Waals surface area (Å²) in [6, 6.07) is 8.23. The van der Waals surface area contributed by atoms with Crippen LogP contribution in [-0.2, 0) is 14.6 Å². The van der Waals surface area contributed by atoms with Gasteiger partial charge in [-0.25, -0.2) is 18.0 Å². The Hall–Kier alpha value is -4.17. The van der Waals surface area contributed by atoms with Gasteiger partial charge >= 0.3 is 12.0 Å². The number of aliphatic carboxylic acids is 1. The summed E-state index contributed by atoms with van der Waals surface area (Å²) in [4.78, 5) is 36.8. The van der Waals surface area contributed by atoms with Gasteiger partial charge in [0, 0.05) is 30.4 Å². The molecule has 1 unspecified atom stereocenters. The lowest BCUT2D eigenvalue weighted by atomic mass is 9.93. The molecule has 1 aliphatic rings. The topological polar surface area (TPSA) is 177 Å². The van der Waals surface area contributed by atoms with E-state index >= 15 is 0 Å². The number of carbonyl (C=O) groups excluding carboxylic acids is 1. The van der Waals surface area contributed by atoms with E-state index in [4.69, 9.17) is 9.47 Å². The van der Waals surface area contributed by atoms with E-state index in [0.717, 1.165) is 0 Å². The number of methoxy groups -OCH3 is 2. The number of urea groups is 1. The van der Waals surface area contributed by atoms with Crippen LogP contribution in [0, 0.1) is 10.1 Å². The Bertz CT molecular complexity index is 1370. The van der Waals surface area contributed by atoms with Crippen LogP contribution >= 0.6 is 0 Å². The van der Waals surface area contributed by atoms with Gasteiger partial charge < -0.3 is 30.1 Å². The molecule has 38 heavy (non-hydrogen) atoms. The van der Waals surface area contributed by atoms with Crippen molar-refractivity contribution in [3.8, 4) is 11.5 Å². The number of carboxylic acid groups (broad SMARTS) is 1. The van der Waals surface area contributed by atoms with E-state index in [1.807, 2.05) is 0 Å². The largest absolute Gasteiger partial charge is 0.497 e. The van der Waals surface area contributed by atoms with Crippen molar-refractivity contribution in [2.75, 3.05) is 33.2 Å². The quantitative estimate of drug-likeness (QED) is 0.203. The lowest BCUT2D eigenvalue weighted by Crippen LogP contribution is -2.49. The molecule has 0 fully saturated rings. The van der Waals surface area contributed by atoms with Gasteiger partial charge in [0.2, 0.25) is 0 Å². The predicted molar refractivity (Wildman–Crippen MR) is 136 cm³/mol. The number of amides is 2. The summed E-state index contributed by atoms with van der Waals surface area (Å²) in [5.74, 6) is -1.18. The number of hydrogen-bond donors (Lipinski definition) is 3. The first kappa shape index (κ1) is 28.4. The highest BCUT2D eigenvalue weighted by Gasteiger charge is 2.38. The average molecular weight is 549 g/mol. The highest BCUT2D eigenvalue weighted by Crippen LogP contribution is 2.35. The Morgan fingerprint density at radius 1 is 1.21 bits per heavy atom. The molecule has 0 spiro atoms. The molecule has 13 nitrogen and oxygen atoms in total. The Labute approximate surface area is 219 Å². The number of nitro groups is 1. The Kier molecular flexibility index (Phi) is 8.91. The summed E-state index contributed by atoms with van der Waals surface area (Å²) < 4.78 is 36.0. The molecule has 0 aromatic heterocycles. The molecule has 1 aliphatic heterocycles. The maximum Gasteiger partial charge on any atom is 0.335 e. The van der Waals surface area contributed by atoms with Crippen LogP contribution in [0.2, 0.25) is 0 Å². The minimum Gasteiger partial charge on any atom is -0.497 e. The standard InChI is InChI=1S/C24H28N4O9S/c1-15-21(23(29)30)22(16-6-4-7-17(12-16)28(32)33)27(24(31)26-15)11-5-10-25-14-38(34,35)20-13-18(36-2)8-9-19(20)37-3/h4,6-9,12-13,22,25H,5,10-11,14H2,1-3H3,(H,26,31)(H,29,30). The zero-order chi connectivity index (χ0) is 28.0. The van der Waals surface area contributed by atoms with E-state index < -0.39 is 38.7 Å². The van der Waals surface area contributed by atoms with E-state index in [9.17, 15) is 33.2 Å². The van der Waals surface area contributed by atoms with E-state index in [-0.39, 0.29) is 52.7 Å². The second kappa shape index (κ2) is 11.9. The number of allylic oxidation sites excluding steroid dienone is 1. The Morgan fingerprint density at radius 2 is 1.95 bits per heavy atom. The van der Waals surface area contributed by atoms with Gasteiger partial charge in [0.15, 0.2) is 9.84 Å². The molecule has 3 N–H and O–H groups in total. The normalized spacial score (nSPS) is 15.7. The first-order valence-corrected chi connectivity index (χ1v) is 13.1. The monoisotopic (exact) mass is 548 g/mol.